The molecule has 2 saturated carbocycles. The minimum atomic E-state index is -2.75. The molecule has 11 nitrogen and oxygen atoms in total. The van der Waals surface area contributed by atoms with Gasteiger partial charge in [0.05, 0.1) is 23.6 Å². The Morgan fingerprint density at radius 2 is 1.90 bits per heavy atom. The van der Waals surface area contributed by atoms with Crippen LogP contribution in [0.5, 0.6) is 0 Å². The molecule has 3 atom stereocenters. The predicted octanol–water partition coefficient (Wildman–Crippen LogP) is 2.87. The highest BCUT2D eigenvalue weighted by Gasteiger charge is 2.52. The van der Waals surface area contributed by atoms with Crippen LogP contribution in [0.25, 0.3) is 5.65 Å². The van der Waals surface area contributed by atoms with Crippen LogP contribution in [0.2, 0.25) is 0 Å². The highest BCUT2D eigenvalue weighted by atomic mass is 19.3. The molecule has 2 aliphatic carbocycles. The number of aliphatic carboxylic acids is 1. The van der Waals surface area contributed by atoms with Crippen LogP contribution in [-0.4, -0.2) is 60.2 Å². The first-order chi connectivity index (χ1) is 19.7. The van der Waals surface area contributed by atoms with Crippen molar-refractivity contribution in [2.45, 2.75) is 64.5 Å². The predicted molar refractivity (Wildman–Crippen MR) is 141 cm³/mol. The van der Waals surface area contributed by atoms with Crippen LogP contribution in [0.3, 0.4) is 0 Å². The fourth-order valence-corrected chi connectivity index (χ4v) is 6.34. The highest BCUT2D eigenvalue weighted by molar-refractivity contribution is 6.02. The van der Waals surface area contributed by atoms with Crippen molar-refractivity contribution in [2.24, 2.45) is 29.1 Å². The maximum absolute atomic E-state index is 13.5. The van der Waals surface area contributed by atoms with Crippen LogP contribution in [-0.2, 0) is 22.6 Å². The number of carboxylic acids is 1. The lowest BCUT2D eigenvalue weighted by Gasteiger charge is -2.36. The Balaban J connectivity index is 1.32. The molecular weight excluding hydrogens is 536 g/mol. The quantitative estimate of drug-likeness (QED) is 0.301. The highest BCUT2D eigenvalue weighted by Crippen LogP contribution is 2.54. The number of hydrogen-bond donors (Lipinski definition) is 3. The van der Waals surface area contributed by atoms with Gasteiger partial charge < -0.3 is 15.7 Å². The van der Waals surface area contributed by atoms with E-state index in [1.807, 2.05) is 6.92 Å². The molecular formula is C28H33F2N7O4. The van der Waals surface area contributed by atoms with Crippen molar-refractivity contribution in [3.8, 4) is 0 Å². The first kappa shape index (κ1) is 27.3. The number of imidazole rings is 1. The van der Waals surface area contributed by atoms with Crippen molar-refractivity contribution in [3.63, 3.8) is 0 Å². The number of carbonyl (C=O) groups is 3. The van der Waals surface area contributed by atoms with Gasteiger partial charge in [-0.05, 0) is 75.0 Å². The lowest BCUT2D eigenvalue weighted by molar-refractivity contribution is -0.161. The molecule has 6 rings (SSSR count). The molecule has 3 aromatic heterocycles. The number of fused-ring (bicyclic) bond motifs is 1. The van der Waals surface area contributed by atoms with Crippen LogP contribution in [0.4, 0.5) is 8.78 Å². The number of piperidine rings is 1. The summed E-state index contributed by atoms with van der Waals surface area (Å²) in [5, 5.41) is 24.3. The van der Waals surface area contributed by atoms with Crippen LogP contribution >= 0.6 is 0 Å². The standard InChI is InChI=1S/C28H33F2N7O4/c1-2-36-20(9-10-32-36)25(38)34-23(22(15-3-4-15)16-5-6-16)19-14-37-21(33-19)8-7-18(35-37)12-28(27(40)41)11-17(24(29)30)13-31-26(28)39/h7-10,14-17,22-24H,2-6,11-13H2,1H3,(H,31,39)(H,34,38)(H,40,41)/t17?,23-,28?/m1/s1. The molecule has 13 heteroatoms. The van der Waals surface area contributed by atoms with Crippen LogP contribution in [0, 0.1) is 29.1 Å². The van der Waals surface area contributed by atoms with Crippen LogP contribution < -0.4 is 10.6 Å². The van der Waals surface area contributed by atoms with Gasteiger partial charge in [0.25, 0.3) is 5.91 Å². The SMILES string of the molecule is CCn1nccc1C(=O)N[C@H](c1cn2nc(CC3(C(=O)O)CC(C(F)F)CNC3=O)ccc2n1)C(C1CC1)C1CC1. The van der Waals surface area contributed by atoms with Crippen molar-refractivity contribution in [2.75, 3.05) is 6.54 Å². The molecule has 218 valence electrons. The molecule has 0 spiro atoms. The van der Waals surface area contributed by atoms with E-state index in [1.54, 1.807) is 35.3 Å². The Morgan fingerprint density at radius 1 is 1.17 bits per heavy atom. The second-order valence-electron chi connectivity index (χ2n) is 11.6. The van der Waals surface area contributed by atoms with E-state index in [4.69, 9.17) is 4.98 Å². The first-order valence-corrected chi connectivity index (χ1v) is 14.2. The molecule has 1 saturated heterocycles. The third-order valence-electron chi connectivity index (χ3n) is 8.78. The van der Waals surface area contributed by atoms with Gasteiger partial charge in [-0.15, -0.1) is 0 Å². The van der Waals surface area contributed by atoms with Crippen molar-refractivity contribution in [1.82, 2.24) is 35.0 Å². The average Bonchev–Trinajstić information content (AvgIpc) is 3.87. The Morgan fingerprint density at radius 3 is 2.54 bits per heavy atom. The third-order valence-corrected chi connectivity index (χ3v) is 8.78. The van der Waals surface area contributed by atoms with E-state index in [9.17, 15) is 28.3 Å². The number of nitrogens with zero attached hydrogens (tertiary/aromatic N) is 5. The van der Waals surface area contributed by atoms with E-state index in [0.29, 0.717) is 35.4 Å². The molecule has 3 N–H and O–H groups in total. The molecule has 0 radical (unpaired) electrons. The molecule has 3 aromatic rings. The summed E-state index contributed by atoms with van der Waals surface area (Å²) in [6, 6.07) is 4.58. The fourth-order valence-electron chi connectivity index (χ4n) is 6.34. The number of alkyl halides is 2. The lowest BCUT2D eigenvalue weighted by atomic mass is 9.72. The first-order valence-electron chi connectivity index (χ1n) is 14.2. The molecule has 3 fully saturated rings. The Labute approximate surface area is 234 Å². The Kier molecular flexibility index (Phi) is 6.98. The van der Waals surface area contributed by atoms with Crippen LogP contribution in [0.15, 0.2) is 30.6 Å². The summed E-state index contributed by atoms with van der Waals surface area (Å²) >= 11 is 0. The van der Waals surface area contributed by atoms with Gasteiger partial charge in [0.15, 0.2) is 11.1 Å². The van der Waals surface area contributed by atoms with Gasteiger partial charge in [0.2, 0.25) is 12.3 Å². The van der Waals surface area contributed by atoms with Crippen molar-refractivity contribution >= 4 is 23.4 Å². The number of carbonyl (C=O) groups excluding carboxylic acids is 2. The number of carboxylic acid groups (broad SMARTS) is 1. The van der Waals surface area contributed by atoms with E-state index in [2.05, 4.69) is 20.8 Å². The molecule has 3 aliphatic rings. The molecule has 2 unspecified atom stereocenters. The monoisotopic (exact) mass is 569 g/mol. The number of halogens is 2. The van der Waals surface area contributed by atoms with Gasteiger partial charge >= 0.3 is 5.97 Å². The van der Waals surface area contributed by atoms with E-state index < -0.39 is 36.1 Å². The normalized spacial score (nSPS) is 23.6. The molecule has 1 aliphatic heterocycles. The summed E-state index contributed by atoms with van der Waals surface area (Å²) in [6.45, 7) is 2.21. The van der Waals surface area contributed by atoms with Gasteiger partial charge in [0.1, 0.15) is 5.69 Å². The summed E-state index contributed by atoms with van der Waals surface area (Å²) in [5.41, 5.74) is -0.169. The lowest BCUT2D eigenvalue weighted by Crippen LogP contribution is -2.56. The summed E-state index contributed by atoms with van der Waals surface area (Å²) < 4.78 is 30.1. The average molecular weight is 570 g/mol. The van der Waals surface area contributed by atoms with Crippen molar-refractivity contribution in [1.29, 1.82) is 0 Å². The number of hydrogen-bond acceptors (Lipinski definition) is 6. The summed E-state index contributed by atoms with van der Waals surface area (Å²) in [5.74, 6) is -2.51. The molecule has 41 heavy (non-hydrogen) atoms. The zero-order valence-corrected chi connectivity index (χ0v) is 22.7. The Bertz CT molecular complexity index is 1470. The van der Waals surface area contributed by atoms with Gasteiger partial charge in [-0.1, -0.05) is 0 Å². The summed E-state index contributed by atoms with van der Waals surface area (Å²) in [7, 11) is 0. The van der Waals surface area contributed by atoms with E-state index in [0.717, 1.165) is 25.7 Å². The number of aryl methyl sites for hydroxylation is 1. The van der Waals surface area contributed by atoms with Gasteiger partial charge in [0, 0.05) is 31.6 Å². The minimum Gasteiger partial charge on any atom is -0.480 e. The topological polar surface area (TPSA) is 144 Å². The zero-order valence-electron chi connectivity index (χ0n) is 22.7. The maximum Gasteiger partial charge on any atom is 0.319 e. The largest absolute Gasteiger partial charge is 0.480 e. The van der Waals surface area contributed by atoms with E-state index >= 15 is 0 Å². The molecule has 0 bridgehead atoms. The van der Waals surface area contributed by atoms with E-state index in [-0.39, 0.29) is 36.5 Å². The minimum absolute atomic E-state index is 0.230. The van der Waals surface area contributed by atoms with Crippen molar-refractivity contribution < 1.29 is 28.3 Å². The number of aromatic nitrogens is 5. The summed E-state index contributed by atoms with van der Waals surface area (Å²) in [4.78, 5) is 43.2. The maximum atomic E-state index is 13.5. The van der Waals surface area contributed by atoms with Gasteiger partial charge in [-0.2, -0.15) is 10.2 Å². The Hall–Kier alpha value is -3.90. The van der Waals surface area contributed by atoms with E-state index in [1.165, 1.54) is 4.52 Å². The number of rotatable bonds is 11. The molecule has 2 amide bonds. The second kappa shape index (κ2) is 10.5. The third kappa shape index (κ3) is 5.17. The molecule has 4 heterocycles. The van der Waals surface area contributed by atoms with Gasteiger partial charge in [-0.25, -0.2) is 18.3 Å². The van der Waals surface area contributed by atoms with Crippen molar-refractivity contribution in [3.05, 3.63) is 47.7 Å². The summed E-state index contributed by atoms with van der Waals surface area (Å²) in [6.07, 6.45) is 4.18. The smallest absolute Gasteiger partial charge is 0.319 e. The van der Waals surface area contributed by atoms with Gasteiger partial charge in [-0.3, -0.25) is 19.1 Å². The zero-order chi connectivity index (χ0) is 28.9. The van der Waals surface area contributed by atoms with Crippen LogP contribution in [0.1, 0.15) is 66.9 Å². The number of nitrogens with one attached hydrogen (secondary N) is 2. The fraction of sp³-hybridized carbons (Fsp3) is 0.571. The second-order valence-corrected chi connectivity index (χ2v) is 11.6. The molecule has 0 aromatic carbocycles. The number of amides is 2.